The molecule has 3 nitrogen and oxygen atoms in total. The molecular formula is C13H23Br2N3S. The minimum Gasteiger partial charge on any atom is -0.375 e. The zero-order valence-electron chi connectivity index (χ0n) is 11.3. The van der Waals surface area contributed by atoms with Crippen LogP contribution in [0, 0.1) is 0 Å². The van der Waals surface area contributed by atoms with Crippen molar-refractivity contribution in [1.29, 1.82) is 0 Å². The van der Waals surface area contributed by atoms with Gasteiger partial charge >= 0.3 is 0 Å². The smallest absolute Gasteiger partial charge is 0.180 e. The molecule has 1 aliphatic rings. The summed E-state index contributed by atoms with van der Waals surface area (Å²) in [5.74, 6) is 0. The standard InChI is InChI=1S/C13H21N3S.2BrH/c1-2-3-4-7-16-8-5-6-11(9-16)12-10-17-13(14)15-12;;/h6,10H,2-5,7-9H2,1H3,(H2,14,15);2*1H. The number of nitrogens with zero attached hydrogens (tertiary/aromatic N) is 2. The van der Waals surface area contributed by atoms with Crippen molar-refractivity contribution in [2.24, 2.45) is 0 Å². The SMILES string of the molecule is Br.Br.CCCCCN1CCC=C(c2csc(N)n2)C1. The van der Waals surface area contributed by atoms with Gasteiger partial charge in [0.2, 0.25) is 0 Å². The van der Waals surface area contributed by atoms with E-state index >= 15 is 0 Å². The second kappa shape index (κ2) is 9.91. The number of unbranched alkanes of at least 4 members (excludes halogenated alkanes) is 2. The number of halogens is 2. The van der Waals surface area contributed by atoms with Crippen LogP contribution in [0.2, 0.25) is 0 Å². The van der Waals surface area contributed by atoms with Crippen LogP contribution in [-0.2, 0) is 0 Å². The van der Waals surface area contributed by atoms with Gasteiger partial charge in [-0.3, -0.25) is 4.90 Å². The van der Waals surface area contributed by atoms with E-state index in [1.54, 1.807) is 0 Å². The summed E-state index contributed by atoms with van der Waals surface area (Å²) in [7, 11) is 0. The second-order valence-electron chi connectivity index (χ2n) is 4.57. The lowest BCUT2D eigenvalue weighted by molar-refractivity contribution is 0.297. The van der Waals surface area contributed by atoms with Crippen molar-refractivity contribution in [3.05, 3.63) is 17.2 Å². The van der Waals surface area contributed by atoms with E-state index in [0.29, 0.717) is 5.13 Å². The number of rotatable bonds is 5. The molecule has 2 N–H and O–H groups in total. The molecule has 0 aromatic carbocycles. The molecule has 0 atom stereocenters. The molecule has 0 unspecified atom stereocenters. The maximum Gasteiger partial charge on any atom is 0.180 e. The molecule has 0 amide bonds. The maximum atomic E-state index is 5.68. The number of nitrogens with two attached hydrogens (primary N) is 1. The molecule has 0 fully saturated rings. The van der Waals surface area contributed by atoms with Crippen molar-refractivity contribution in [3.63, 3.8) is 0 Å². The van der Waals surface area contributed by atoms with E-state index in [1.807, 2.05) is 0 Å². The number of aromatic nitrogens is 1. The fraction of sp³-hybridized carbons (Fsp3) is 0.615. The first-order valence-corrected chi connectivity index (χ1v) is 7.30. The average Bonchev–Trinajstić information content (AvgIpc) is 2.77. The lowest BCUT2D eigenvalue weighted by atomic mass is 10.1. The first-order chi connectivity index (χ1) is 8.29. The summed E-state index contributed by atoms with van der Waals surface area (Å²) in [6.45, 7) is 5.68. The van der Waals surface area contributed by atoms with Crippen LogP contribution in [0.3, 0.4) is 0 Å². The highest BCUT2D eigenvalue weighted by atomic mass is 79.9. The Morgan fingerprint density at radius 1 is 1.37 bits per heavy atom. The number of thiazole rings is 1. The third kappa shape index (κ3) is 5.94. The highest BCUT2D eigenvalue weighted by molar-refractivity contribution is 8.93. The fourth-order valence-corrected chi connectivity index (χ4v) is 2.79. The lowest BCUT2D eigenvalue weighted by Crippen LogP contribution is -2.30. The molecule has 1 aliphatic heterocycles. The highest BCUT2D eigenvalue weighted by Crippen LogP contribution is 2.23. The van der Waals surface area contributed by atoms with Crippen LogP contribution in [0.1, 0.15) is 38.3 Å². The predicted molar refractivity (Wildman–Crippen MR) is 95.7 cm³/mol. The van der Waals surface area contributed by atoms with Gasteiger partial charge in [0.25, 0.3) is 0 Å². The second-order valence-corrected chi connectivity index (χ2v) is 5.46. The van der Waals surface area contributed by atoms with Crippen LogP contribution in [0.4, 0.5) is 5.13 Å². The summed E-state index contributed by atoms with van der Waals surface area (Å²) in [6, 6.07) is 0. The Labute approximate surface area is 140 Å². The van der Waals surface area contributed by atoms with Crippen molar-refractivity contribution in [2.75, 3.05) is 25.4 Å². The number of hydrogen-bond donors (Lipinski definition) is 1. The summed E-state index contributed by atoms with van der Waals surface area (Å²) in [6.07, 6.45) is 7.38. The molecule has 2 rings (SSSR count). The first kappa shape index (κ1) is 19.1. The van der Waals surface area contributed by atoms with Gasteiger partial charge in [0.05, 0.1) is 5.69 Å². The molecule has 0 saturated carbocycles. The van der Waals surface area contributed by atoms with Crippen LogP contribution < -0.4 is 5.73 Å². The molecule has 110 valence electrons. The molecule has 0 aliphatic carbocycles. The largest absolute Gasteiger partial charge is 0.375 e. The first-order valence-electron chi connectivity index (χ1n) is 6.42. The minimum atomic E-state index is 0. The molecule has 19 heavy (non-hydrogen) atoms. The Morgan fingerprint density at radius 3 is 2.79 bits per heavy atom. The Hall–Kier alpha value is 0.0900. The summed E-state index contributed by atoms with van der Waals surface area (Å²) in [4.78, 5) is 6.89. The van der Waals surface area contributed by atoms with Crippen molar-refractivity contribution in [1.82, 2.24) is 9.88 Å². The molecular weight excluding hydrogens is 390 g/mol. The molecule has 0 saturated heterocycles. The Bertz CT molecular complexity index is 393. The van der Waals surface area contributed by atoms with Crippen LogP contribution >= 0.6 is 45.3 Å². The van der Waals surface area contributed by atoms with Gasteiger partial charge in [-0.05, 0) is 25.0 Å². The zero-order chi connectivity index (χ0) is 12.1. The van der Waals surface area contributed by atoms with Crippen LogP contribution in [0.5, 0.6) is 0 Å². The van der Waals surface area contributed by atoms with E-state index in [0.717, 1.165) is 18.7 Å². The lowest BCUT2D eigenvalue weighted by Gasteiger charge is -2.26. The Balaban J connectivity index is 0.00000162. The van der Waals surface area contributed by atoms with E-state index in [9.17, 15) is 0 Å². The summed E-state index contributed by atoms with van der Waals surface area (Å²) in [5, 5.41) is 2.74. The molecule has 1 aromatic rings. The van der Waals surface area contributed by atoms with Crippen molar-refractivity contribution >= 4 is 56.0 Å². The van der Waals surface area contributed by atoms with Crippen molar-refractivity contribution in [3.8, 4) is 0 Å². The fourth-order valence-electron chi connectivity index (χ4n) is 2.20. The molecule has 1 aromatic heterocycles. The highest BCUT2D eigenvalue weighted by Gasteiger charge is 2.15. The van der Waals surface area contributed by atoms with Gasteiger partial charge in [0.1, 0.15) is 0 Å². The average molecular weight is 413 g/mol. The van der Waals surface area contributed by atoms with Gasteiger partial charge in [-0.15, -0.1) is 45.3 Å². The van der Waals surface area contributed by atoms with Crippen molar-refractivity contribution in [2.45, 2.75) is 32.6 Å². The summed E-state index contributed by atoms with van der Waals surface area (Å²) < 4.78 is 0. The third-order valence-electron chi connectivity index (χ3n) is 3.16. The van der Waals surface area contributed by atoms with E-state index in [2.05, 4.69) is 28.3 Å². The van der Waals surface area contributed by atoms with E-state index < -0.39 is 0 Å². The van der Waals surface area contributed by atoms with Gasteiger partial charge in [-0.25, -0.2) is 4.98 Å². The van der Waals surface area contributed by atoms with E-state index in [-0.39, 0.29) is 34.0 Å². The van der Waals surface area contributed by atoms with E-state index in [4.69, 9.17) is 5.73 Å². The van der Waals surface area contributed by atoms with Gasteiger partial charge < -0.3 is 5.73 Å². The van der Waals surface area contributed by atoms with Gasteiger partial charge in [-0.1, -0.05) is 25.8 Å². The van der Waals surface area contributed by atoms with E-state index in [1.165, 1.54) is 49.3 Å². The maximum absolute atomic E-state index is 5.68. The van der Waals surface area contributed by atoms with Gasteiger partial charge in [-0.2, -0.15) is 0 Å². The molecule has 0 spiro atoms. The van der Waals surface area contributed by atoms with Crippen molar-refractivity contribution < 1.29 is 0 Å². The number of anilines is 1. The summed E-state index contributed by atoms with van der Waals surface area (Å²) in [5.41, 5.74) is 8.11. The monoisotopic (exact) mass is 411 g/mol. The summed E-state index contributed by atoms with van der Waals surface area (Å²) >= 11 is 1.53. The predicted octanol–water partition coefficient (Wildman–Crippen LogP) is 4.16. The zero-order valence-corrected chi connectivity index (χ0v) is 15.5. The van der Waals surface area contributed by atoms with Crippen LogP contribution in [0.15, 0.2) is 11.5 Å². The topological polar surface area (TPSA) is 42.1 Å². The minimum absolute atomic E-state index is 0. The molecule has 0 bridgehead atoms. The van der Waals surface area contributed by atoms with Crippen LogP contribution in [0.25, 0.3) is 5.57 Å². The Morgan fingerprint density at radius 2 is 2.16 bits per heavy atom. The molecule has 6 heteroatoms. The third-order valence-corrected chi connectivity index (χ3v) is 3.83. The number of nitrogen functional groups attached to an aromatic ring is 1. The normalized spacial score (nSPS) is 15.3. The van der Waals surface area contributed by atoms with Gasteiger partial charge in [0.15, 0.2) is 5.13 Å². The van der Waals surface area contributed by atoms with Gasteiger partial charge in [0, 0.05) is 18.5 Å². The molecule has 2 heterocycles. The quantitative estimate of drug-likeness (QED) is 0.738. The molecule has 0 radical (unpaired) electrons. The Kier molecular flexibility index (Phi) is 9.96. The van der Waals surface area contributed by atoms with Crippen LogP contribution in [-0.4, -0.2) is 29.5 Å². The number of hydrogen-bond acceptors (Lipinski definition) is 4.